The minimum absolute atomic E-state index is 0.0246. The molecule has 0 aliphatic heterocycles. The molecule has 0 saturated carbocycles. The van der Waals surface area contributed by atoms with Crippen molar-refractivity contribution in [2.24, 2.45) is 0 Å². The molecule has 0 aromatic carbocycles. The van der Waals surface area contributed by atoms with Crippen LogP contribution in [-0.4, -0.2) is 22.4 Å². The molecule has 2 N–H and O–H groups in total. The van der Waals surface area contributed by atoms with Gasteiger partial charge in [0.25, 0.3) is 0 Å². The van der Waals surface area contributed by atoms with Gasteiger partial charge in [0.05, 0.1) is 12.2 Å². The third kappa shape index (κ3) is 30.6. The van der Waals surface area contributed by atoms with E-state index in [9.17, 15) is 5.11 Å². The van der Waals surface area contributed by atoms with E-state index >= 15 is 0 Å². The second-order valence-electron chi connectivity index (χ2n) is 8.82. The van der Waals surface area contributed by atoms with Crippen LogP contribution in [0.1, 0.15) is 156 Å². The fraction of sp³-hybridized carbons (Fsp3) is 1.00. The Morgan fingerprint density at radius 2 is 0.714 bits per heavy atom. The molecule has 2 unspecified atom stereocenters. The summed E-state index contributed by atoms with van der Waals surface area (Å²) in [5, 5.41) is 18.7. The van der Waals surface area contributed by atoms with Crippen molar-refractivity contribution in [3.63, 3.8) is 0 Å². The Kier molecular flexibility index (Phi) is 29.0. The van der Waals surface area contributed by atoms with Crippen molar-refractivity contribution in [1.82, 2.24) is 0 Å². The Morgan fingerprint density at radius 3 is 1.14 bits per heavy atom. The molecule has 0 heterocycles. The molecule has 2 nitrogen and oxygen atoms in total. The highest BCUT2D eigenvalue weighted by Crippen LogP contribution is 2.12. The standard InChI is InChI=1S/C14H30O.C12H26O/c1-3-4-5-6-7-8-9-10-11-12-13-14(2)15;1-3-5-7-9-11-12(13)10-8-6-4-2/h14-15H,3-13H2,1-2H3;12-13H,3-11H2,1-2H3. The van der Waals surface area contributed by atoms with Gasteiger partial charge in [-0.15, -0.1) is 0 Å². The van der Waals surface area contributed by atoms with Crippen molar-refractivity contribution < 1.29 is 10.2 Å². The predicted octanol–water partition coefficient (Wildman–Crippen LogP) is 8.58. The molecule has 0 radical (unpaired) electrons. The van der Waals surface area contributed by atoms with Crippen LogP contribution in [0.15, 0.2) is 0 Å². The summed E-state index contributed by atoms with van der Waals surface area (Å²) in [5.74, 6) is 0. The summed E-state index contributed by atoms with van der Waals surface area (Å²) < 4.78 is 0. The largest absolute Gasteiger partial charge is 0.393 e. The van der Waals surface area contributed by atoms with E-state index in [2.05, 4.69) is 20.8 Å². The van der Waals surface area contributed by atoms with Gasteiger partial charge in [0.2, 0.25) is 0 Å². The van der Waals surface area contributed by atoms with Gasteiger partial charge in [-0.3, -0.25) is 0 Å². The van der Waals surface area contributed by atoms with Crippen LogP contribution in [0.3, 0.4) is 0 Å². The van der Waals surface area contributed by atoms with Gasteiger partial charge in [0.15, 0.2) is 0 Å². The lowest BCUT2D eigenvalue weighted by Crippen LogP contribution is -2.05. The summed E-state index contributed by atoms with van der Waals surface area (Å²) in [4.78, 5) is 0. The summed E-state index contributed by atoms with van der Waals surface area (Å²) in [6.45, 7) is 8.57. The molecule has 2 atom stereocenters. The Bertz CT molecular complexity index is 253. The number of hydrogen-bond acceptors (Lipinski definition) is 2. The molecule has 2 heteroatoms. The quantitative estimate of drug-likeness (QED) is 0.201. The van der Waals surface area contributed by atoms with Crippen molar-refractivity contribution in [3.05, 3.63) is 0 Å². The fourth-order valence-corrected chi connectivity index (χ4v) is 3.51. The van der Waals surface area contributed by atoms with Crippen LogP contribution in [0, 0.1) is 0 Å². The van der Waals surface area contributed by atoms with E-state index in [4.69, 9.17) is 5.11 Å². The van der Waals surface area contributed by atoms with Gasteiger partial charge in [-0.2, -0.15) is 0 Å². The Hall–Kier alpha value is -0.0800. The highest BCUT2D eigenvalue weighted by molar-refractivity contribution is 4.56. The predicted molar refractivity (Wildman–Crippen MR) is 127 cm³/mol. The van der Waals surface area contributed by atoms with Crippen LogP contribution in [0.5, 0.6) is 0 Å². The van der Waals surface area contributed by atoms with Crippen LogP contribution in [0.2, 0.25) is 0 Å². The molecule has 0 spiro atoms. The molecule has 0 saturated heterocycles. The zero-order valence-electron chi connectivity index (χ0n) is 20.2. The molecule has 0 aliphatic carbocycles. The van der Waals surface area contributed by atoms with Crippen LogP contribution in [0.25, 0.3) is 0 Å². The average Bonchev–Trinajstić information content (AvgIpc) is 2.67. The third-order valence-electron chi connectivity index (χ3n) is 5.51. The first kappa shape index (κ1) is 30.1. The SMILES string of the molecule is CCCCCCC(O)CCCCC.CCCCCCCCCCCCC(C)O. The van der Waals surface area contributed by atoms with Crippen molar-refractivity contribution in [2.45, 2.75) is 168 Å². The van der Waals surface area contributed by atoms with E-state index < -0.39 is 0 Å². The first-order chi connectivity index (χ1) is 13.6. The zero-order valence-corrected chi connectivity index (χ0v) is 20.2. The van der Waals surface area contributed by atoms with E-state index in [1.807, 2.05) is 6.92 Å². The molecule has 0 amide bonds. The summed E-state index contributed by atoms with van der Waals surface area (Å²) in [6.07, 6.45) is 25.4. The first-order valence-corrected chi connectivity index (χ1v) is 12.9. The van der Waals surface area contributed by atoms with Crippen molar-refractivity contribution in [2.75, 3.05) is 0 Å². The van der Waals surface area contributed by atoms with Crippen molar-refractivity contribution in [1.29, 1.82) is 0 Å². The average molecular weight is 401 g/mol. The molecular weight excluding hydrogens is 344 g/mol. The van der Waals surface area contributed by atoms with Gasteiger partial charge in [-0.1, -0.05) is 130 Å². The first-order valence-electron chi connectivity index (χ1n) is 12.9. The minimum atomic E-state index is -0.0981. The maximum Gasteiger partial charge on any atom is 0.0540 e. The van der Waals surface area contributed by atoms with Gasteiger partial charge in [-0.25, -0.2) is 0 Å². The van der Waals surface area contributed by atoms with E-state index in [0.29, 0.717) is 0 Å². The molecule has 28 heavy (non-hydrogen) atoms. The minimum Gasteiger partial charge on any atom is -0.393 e. The summed E-state index contributed by atoms with van der Waals surface area (Å²) in [7, 11) is 0. The smallest absolute Gasteiger partial charge is 0.0540 e. The highest BCUT2D eigenvalue weighted by atomic mass is 16.3. The molecule has 0 aromatic heterocycles. The number of aliphatic hydroxyl groups excluding tert-OH is 2. The molecule has 0 bridgehead atoms. The van der Waals surface area contributed by atoms with Gasteiger partial charge in [0, 0.05) is 0 Å². The second kappa shape index (κ2) is 26.9. The normalized spacial score (nSPS) is 13.1. The maximum absolute atomic E-state index is 9.58. The van der Waals surface area contributed by atoms with Crippen LogP contribution in [0.4, 0.5) is 0 Å². The van der Waals surface area contributed by atoms with Gasteiger partial charge in [-0.05, 0) is 26.2 Å². The molecular formula is C26H56O2. The molecule has 0 aromatic rings. The van der Waals surface area contributed by atoms with Crippen LogP contribution in [-0.2, 0) is 0 Å². The third-order valence-corrected chi connectivity index (χ3v) is 5.51. The van der Waals surface area contributed by atoms with Gasteiger partial charge in [0.1, 0.15) is 0 Å². The van der Waals surface area contributed by atoms with E-state index in [0.717, 1.165) is 19.3 Å². The molecule has 0 fully saturated rings. The van der Waals surface area contributed by atoms with Crippen molar-refractivity contribution >= 4 is 0 Å². The van der Waals surface area contributed by atoms with Crippen LogP contribution >= 0.6 is 0 Å². The number of hydrogen-bond donors (Lipinski definition) is 2. The topological polar surface area (TPSA) is 40.5 Å². The van der Waals surface area contributed by atoms with E-state index in [-0.39, 0.29) is 12.2 Å². The second-order valence-corrected chi connectivity index (χ2v) is 8.82. The molecule has 0 rings (SSSR count). The number of unbranched alkanes of at least 4 members (excludes halogenated alkanes) is 14. The Morgan fingerprint density at radius 1 is 0.429 bits per heavy atom. The lowest BCUT2D eigenvalue weighted by atomic mass is 10.0. The van der Waals surface area contributed by atoms with Gasteiger partial charge >= 0.3 is 0 Å². The van der Waals surface area contributed by atoms with Gasteiger partial charge < -0.3 is 10.2 Å². The van der Waals surface area contributed by atoms with E-state index in [1.165, 1.54) is 109 Å². The van der Waals surface area contributed by atoms with Crippen LogP contribution < -0.4 is 0 Å². The zero-order chi connectivity index (χ0) is 21.3. The molecule has 0 aliphatic rings. The summed E-state index contributed by atoms with van der Waals surface area (Å²) in [5.41, 5.74) is 0. The maximum atomic E-state index is 9.58. The summed E-state index contributed by atoms with van der Waals surface area (Å²) >= 11 is 0. The fourth-order valence-electron chi connectivity index (χ4n) is 3.51. The number of rotatable bonds is 20. The molecule has 172 valence electrons. The monoisotopic (exact) mass is 400 g/mol. The summed E-state index contributed by atoms with van der Waals surface area (Å²) in [6, 6.07) is 0. The number of aliphatic hydroxyl groups is 2. The van der Waals surface area contributed by atoms with E-state index in [1.54, 1.807) is 0 Å². The van der Waals surface area contributed by atoms with Crippen molar-refractivity contribution in [3.8, 4) is 0 Å². The Balaban J connectivity index is 0. The lowest BCUT2D eigenvalue weighted by molar-refractivity contribution is 0.147. The highest BCUT2D eigenvalue weighted by Gasteiger charge is 2.02. The lowest BCUT2D eigenvalue weighted by Gasteiger charge is -2.09. The Labute approximate surface area is 178 Å².